The second kappa shape index (κ2) is 6.54. The highest BCUT2D eigenvalue weighted by molar-refractivity contribution is 6.34. The first kappa shape index (κ1) is 14.5. The number of piperidine rings is 1. The highest BCUT2D eigenvalue weighted by atomic mass is 35.5. The van der Waals surface area contributed by atoms with E-state index >= 15 is 0 Å². The van der Waals surface area contributed by atoms with Crippen molar-refractivity contribution in [2.45, 2.75) is 38.1 Å². The second-order valence-electron chi connectivity index (χ2n) is 5.42. The fraction of sp³-hybridized carbons (Fsp3) is 0.533. The summed E-state index contributed by atoms with van der Waals surface area (Å²) in [6.45, 7) is 1.25. The Labute approximate surface area is 128 Å². The predicted molar refractivity (Wildman–Crippen MR) is 81.1 cm³/mol. The van der Waals surface area contributed by atoms with Gasteiger partial charge in [-0.15, -0.1) is 0 Å². The number of nitrogens with one attached hydrogen (secondary N) is 2. The van der Waals surface area contributed by atoms with Crippen molar-refractivity contribution in [1.82, 2.24) is 5.32 Å². The first-order valence-corrected chi connectivity index (χ1v) is 7.72. The minimum Gasteiger partial charge on any atom is -0.454 e. The molecular formula is C15H19ClN2O3. The average Bonchev–Trinajstić information content (AvgIpc) is 2.94. The summed E-state index contributed by atoms with van der Waals surface area (Å²) in [5, 5.41) is 6.75. The van der Waals surface area contributed by atoms with Crippen LogP contribution in [0.5, 0.6) is 11.5 Å². The van der Waals surface area contributed by atoms with Gasteiger partial charge in [0.2, 0.25) is 12.7 Å². The molecule has 1 fully saturated rings. The Morgan fingerprint density at radius 3 is 2.90 bits per heavy atom. The number of hydrogen-bond donors (Lipinski definition) is 2. The van der Waals surface area contributed by atoms with Gasteiger partial charge in [-0.25, -0.2) is 0 Å². The second-order valence-corrected chi connectivity index (χ2v) is 5.83. The highest BCUT2D eigenvalue weighted by Crippen LogP contribution is 2.39. The van der Waals surface area contributed by atoms with Crippen LogP contribution in [0, 0.1) is 0 Å². The molecule has 1 amide bonds. The molecule has 2 aliphatic heterocycles. The minimum absolute atomic E-state index is 0.0249. The smallest absolute Gasteiger partial charge is 0.231 e. The largest absolute Gasteiger partial charge is 0.454 e. The lowest BCUT2D eigenvalue weighted by Crippen LogP contribution is -2.34. The molecule has 1 unspecified atom stereocenters. The predicted octanol–water partition coefficient (Wildman–Crippen LogP) is 2.93. The highest BCUT2D eigenvalue weighted by Gasteiger charge is 2.18. The van der Waals surface area contributed by atoms with Crippen LogP contribution < -0.4 is 20.1 Å². The van der Waals surface area contributed by atoms with Gasteiger partial charge in [-0.1, -0.05) is 18.0 Å². The third-order valence-corrected chi connectivity index (χ3v) is 4.18. The normalized spacial score (nSPS) is 20.3. The monoisotopic (exact) mass is 310 g/mol. The topological polar surface area (TPSA) is 59.6 Å². The van der Waals surface area contributed by atoms with Gasteiger partial charge in [0.05, 0.1) is 10.7 Å². The molecule has 2 aliphatic rings. The van der Waals surface area contributed by atoms with Crippen LogP contribution in [0.2, 0.25) is 5.02 Å². The summed E-state index contributed by atoms with van der Waals surface area (Å²) in [6, 6.07) is 3.83. The average molecular weight is 311 g/mol. The number of hydrogen-bond acceptors (Lipinski definition) is 4. The van der Waals surface area contributed by atoms with E-state index in [2.05, 4.69) is 10.6 Å². The third-order valence-electron chi connectivity index (χ3n) is 3.87. The standard InChI is InChI=1S/C15H19ClN2O3/c16-11-7-13-14(21-9-20-13)8-12(11)18-15(19)5-4-10-3-1-2-6-17-10/h7-8,10,17H,1-6,9H2,(H,18,19). The maximum Gasteiger partial charge on any atom is 0.231 e. The number of carbonyl (C=O) groups is 1. The van der Waals surface area contributed by atoms with Crippen LogP contribution in [0.4, 0.5) is 5.69 Å². The first-order valence-electron chi connectivity index (χ1n) is 7.35. The van der Waals surface area contributed by atoms with E-state index in [1.54, 1.807) is 12.1 Å². The molecule has 114 valence electrons. The van der Waals surface area contributed by atoms with Gasteiger partial charge in [-0.05, 0) is 25.8 Å². The van der Waals surface area contributed by atoms with Gasteiger partial charge in [0.15, 0.2) is 11.5 Å². The molecular weight excluding hydrogens is 292 g/mol. The lowest BCUT2D eigenvalue weighted by molar-refractivity contribution is -0.116. The van der Waals surface area contributed by atoms with Crippen LogP contribution >= 0.6 is 11.6 Å². The molecule has 3 rings (SSSR count). The van der Waals surface area contributed by atoms with Gasteiger partial charge in [-0.3, -0.25) is 4.79 Å². The molecule has 1 atom stereocenters. The van der Waals surface area contributed by atoms with E-state index in [0.29, 0.717) is 34.7 Å². The summed E-state index contributed by atoms with van der Waals surface area (Å²) < 4.78 is 10.5. The Hall–Kier alpha value is -1.46. The fourth-order valence-corrected chi connectivity index (χ4v) is 2.90. The quantitative estimate of drug-likeness (QED) is 0.897. The van der Waals surface area contributed by atoms with Crippen molar-refractivity contribution in [1.29, 1.82) is 0 Å². The van der Waals surface area contributed by atoms with Crippen molar-refractivity contribution in [3.63, 3.8) is 0 Å². The van der Waals surface area contributed by atoms with E-state index in [4.69, 9.17) is 21.1 Å². The number of ether oxygens (including phenoxy) is 2. The Bertz CT molecular complexity index is 530. The maximum atomic E-state index is 12.0. The van der Waals surface area contributed by atoms with E-state index in [0.717, 1.165) is 19.4 Å². The molecule has 0 bridgehead atoms. The molecule has 21 heavy (non-hydrogen) atoms. The molecule has 0 aromatic heterocycles. The molecule has 1 aromatic carbocycles. The molecule has 1 saturated heterocycles. The van der Waals surface area contributed by atoms with Crippen molar-refractivity contribution in [3.8, 4) is 11.5 Å². The zero-order valence-corrected chi connectivity index (χ0v) is 12.5. The summed E-state index contributed by atoms with van der Waals surface area (Å²) in [5.74, 6) is 1.20. The van der Waals surface area contributed by atoms with Crippen LogP contribution in [0.15, 0.2) is 12.1 Å². The molecule has 2 N–H and O–H groups in total. The van der Waals surface area contributed by atoms with E-state index in [1.165, 1.54) is 12.8 Å². The van der Waals surface area contributed by atoms with Gasteiger partial charge in [-0.2, -0.15) is 0 Å². The zero-order valence-electron chi connectivity index (χ0n) is 11.8. The number of amides is 1. The minimum atomic E-state index is -0.0249. The Morgan fingerprint density at radius 2 is 2.14 bits per heavy atom. The summed E-state index contributed by atoms with van der Waals surface area (Å²) in [7, 11) is 0. The molecule has 0 aliphatic carbocycles. The van der Waals surface area contributed by atoms with Crippen LogP contribution in [0.3, 0.4) is 0 Å². The van der Waals surface area contributed by atoms with E-state index in [1.807, 2.05) is 0 Å². The van der Waals surface area contributed by atoms with Crippen LogP contribution in [-0.2, 0) is 4.79 Å². The fourth-order valence-electron chi connectivity index (χ4n) is 2.70. The Balaban J connectivity index is 1.54. The molecule has 0 spiro atoms. The lowest BCUT2D eigenvalue weighted by Gasteiger charge is -2.23. The number of fused-ring (bicyclic) bond motifs is 1. The summed E-state index contributed by atoms with van der Waals surface area (Å²) >= 11 is 6.14. The molecule has 1 aromatic rings. The van der Waals surface area contributed by atoms with Gasteiger partial charge in [0.25, 0.3) is 0 Å². The zero-order chi connectivity index (χ0) is 14.7. The van der Waals surface area contributed by atoms with Gasteiger partial charge >= 0.3 is 0 Å². The Morgan fingerprint density at radius 1 is 1.33 bits per heavy atom. The maximum absolute atomic E-state index is 12.0. The van der Waals surface area contributed by atoms with Crippen molar-refractivity contribution < 1.29 is 14.3 Å². The molecule has 0 radical (unpaired) electrons. The van der Waals surface area contributed by atoms with Crippen molar-refractivity contribution >= 4 is 23.2 Å². The van der Waals surface area contributed by atoms with Gasteiger partial charge in [0, 0.05) is 24.6 Å². The summed E-state index contributed by atoms with van der Waals surface area (Å²) in [6.07, 6.45) is 4.97. The number of carbonyl (C=O) groups excluding carboxylic acids is 1. The number of benzene rings is 1. The lowest BCUT2D eigenvalue weighted by atomic mass is 10.0. The van der Waals surface area contributed by atoms with Crippen molar-refractivity contribution in [2.75, 3.05) is 18.7 Å². The number of halogens is 1. The SMILES string of the molecule is O=C(CCC1CCCCN1)Nc1cc2c(cc1Cl)OCO2. The number of anilines is 1. The summed E-state index contributed by atoms with van der Waals surface area (Å²) in [5.41, 5.74) is 0.572. The molecule has 0 saturated carbocycles. The van der Waals surface area contributed by atoms with E-state index in [9.17, 15) is 4.79 Å². The van der Waals surface area contributed by atoms with Crippen LogP contribution in [0.25, 0.3) is 0 Å². The van der Waals surface area contributed by atoms with Gasteiger partial charge < -0.3 is 20.1 Å². The Kier molecular flexibility index (Phi) is 4.51. The first-order chi connectivity index (χ1) is 10.2. The molecule has 6 heteroatoms. The van der Waals surface area contributed by atoms with E-state index in [-0.39, 0.29) is 12.7 Å². The van der Waals surface area contributed by atoms with Crippen LogP contribution in [-0.4, -0.2) is 25.3 Å². The summed E-state index contributed by atoms with van der Waals surface area (Å²) in [4.78, 5) is 12.0. The van der Waals surface area contributed by atoms with Crippen molar-refractivity contribution in [3.05, 3.63) is 17.2 Å². The van der Waals surface area contributed by atoms with E-state index < -0.39 is 0 Å². The molecule has 5 nitrogen and oxygen atoms in total. The van der Waals surface area contributed by atoms with Crippen molar-refractivity contribution in [2.24, 2.45) is 0 Å². The van der Waals surface area contributed by atoms with Crippen LogP contribution in [0.1, 0.15) is 32.1 Å². The van der Waals surface area contributed by atoms with Gasteiger partial charge in [0.1, 0.15) is 0 Å². The molecule has 2 heterocycles. The number of rotatable bonds is 4. The third kappa shape index (κ3) is 3.60.